The number of hydrogen-bond donors (Lipinski definition) is 2. The van der Waals surface area contributed by atoms with E-state index < -0.39 is 17.6 Å². The standard InChI is InChI=1S/C13H19N5O2.C6H10F2/c1-13(2,3)20-12(19)15-7-10-8-18-11(17-10)4-9(5-14)6-16-18;7-6(8)4-2-1-3-5-6/h4,6,8H,5,7,14H2,1-3H3,(H,15,19);1-5H2. The molecule has 0 atom stereocenters. The minimum atomic E-state index is -2.32. The van der Waals surface area contributed by atoms with E-state index in [9.17, 15) is 13.6 Å². The van der Waals surface area contributed by atoms with Gasteiger partial charge in [0.15, 0.2) is 5.65 Å². The number of fused-ring (bicyclic) bond motifs is 1. The minimum Gasteiger partial charge on any atom is -0.444 e. The van der Waals surface area contributed by atoms with Crippen molar-refractivity contribution in [3.05, 3.63) is 29.7 Å². The van der Waals surface area contributed by atoms with Crippen molar-refractivity contribution in [2.45, 2.75) is 77.5 Å². The lowest BCUT2D eigenvalue weighted by molar-refractivity contribution is -0.0337. The van der Waals surface area contributed by atoms with E-state index >= 15 is 0 Å². The van der Waals surface area contributed by atoms with Crippen LogP contribution in [-0.2, 0) is 17.8 Å². The van der Waals surface area contributed by atoms with Gasteiger partial charge in [0.2, 0.25) is 5.92 Å². The zero-order chi connectivity index (χ0) is 20.8. The topological polar surface area (TPSA) is 94.5 Å². The molecule has 0 aliphatic heterocycles. The second kappa shape index (κ2) is 9.27. The molecule has 3 N–H and O–H groups in total. The molecule has 156 valence electrons. The molecule has 7 nitrogen and oxygen atoms in total. The molecule has 1 aliphatic rings. The molecule has 0 bridgehead atoms. The second-order valence-corrected chi connectivity index (χ2v) is 7.88. The fourth-order valence-corrected chi connectivity index (χ4v) is 2.71. The fraction of sp³-hybridized carbons (Fsp3) is 0.632. The number of ether oxygens (including phenoxy) is 1. The van der Waals surface area contributed by atoms with E-state index in [1.165, 1.54) is 0 Å². The number of amides is 1. The van der Waals surface area contributed by atoms with E-state index in [-0.39, 0.29) is 19.4 Å². The van der Waals surface area contributed by atoms with Crippen LogP contribution in [-0.4, -0.2) is 32.2 Å². The summed E-state index contributed by atoms with van der Waals surface area (Å²) >= 11 is 0. The third kappa shape index (κ3) is 7.38. The number of hydrogen-bond acceptors (Lipinski definition) is 5. The van der Waals surface area contributed by atoms with Crippen LogP contribution < -0.4 is 11.1 Å². The maximum atomic E-state index is 12.2. The third-order valence-electron chi connectivity index (χ3n) is 4.06. The Labute approximate surface area is 163 Å². The lowest BCUT2D eigenvalue weighted by atomic mass is 9.97. The van der Waals surface area contributed by atoms with Gasteiger partial charge in [-0.25, -0.2) is 23.1 Å². The Bertz CT molecular complexity index is 778. The zero-order valence-electron chi connectivity index (χ0n) is 16.7. The summed E-state index contributed by atoms with van der Waals surface area (Å²) in [6, 6.07) is 1.87. The summed E-state index contributed by atoms with van der Waals surface area (Å²) in [4.78, 5) is 15.9. The highest BCUT2D eigenvalue weighted by molar-refractivity contribution is 5.67. The maximum absolute atomic E-state index is 12.2. The lowest BCUT2D eigenvalue weighted by Crippen LogP contribution is -2.32. The highest BCUT2D eigenvalue weighted by Gasteiger charge is 2.30. The number of alkyl carbamates (subject to hydrolysis) is 1. The number of carbonyl (C=O) groups is 1. The first-order chi connectivity index (χ1) is 13.1. The molecule has 2 heterocycles. The largest absolute Gasteiger partial charge is 0.444 e. The molecule has 1 aliphatic carbocycles. The molecule has 28 heavy (non-hydrogen) atoms. The van der Waals surface area contributed by atoms with E-state index in [0.717, 1.165) is 12.0 Å². The van der Waals surface area contributed by atoms with Crippen LogP contribution in [0, 0.1) is 0 Å². The first-order valence-electron chi connectivity index (χ1n) is 9.46. The van der Waals surface area contributed by atoms with Gasteiger partial charge in [0.25, 0.3) is 0 Å². The van der Waals surface area contributed by atoms with Crippen molar-refractivity contribution in [3.8, 4) is 0 Å². The third-order valence-corrected chi connectivity index (χ3v) is 4.06. The Kier molecular flexibility index (Phi) is 7.29. The highest BCUT2D eigenvalue weighted by Crippen LogP contribution is 2.32. The van der Waals surface area contributed by atoms with Gasteiger partial charge in [0.1, 0.15) is 5.60 Å². The second-order valence-electron chi connectivity index (χ2n) is 7.88. The Morgan fingerprint density at radius 3 is 2.54 bits per heavy atom. The number of rotatable bonds is 3. The minimum absolute atomic E-state index is 0.118. The van der Waals surface area contributed by atoms with Gasteiger partial charge in [-0.05, 0) is 45.2 Å². The average Bonchev–Trinajstić information content (AvgIpc) is 3.01. The van der Waals surface area contributed by atoms with E-state index in [4.69, 9.17) is 10.5 Å². The molecular formula is C19H29F2N5O2. The zero-order valence-corrected chi connectivity index (χ0v) is 16.7. The van der Waals surface area contributed by atoms with Gasteiger partial charge < -0.3 is 15.8 Å². The lowest BCUT2D eigenvalue weighted by Gasteiger charge is -2.20. The molecule has 2 aromatic rings. The first kappa shape index (κ1) is 22.0. The van der Waals surface area contributed by atoms with Crippen molar-refractivity contribution in [2.75, 3.05) is 0 Å². The summed E-state index contributed by atoms with van der Waals surface area (Å²) < 4.78 is 31.2. The number of nitrogens with zero attached hydrogens (tertiary/aromatic N) is 3. The van der Waals surface area contributed by atoms with Crippen molar-refractivity contribution >= 4 is 11.7 Å². The normalized spacial score (nSPS) is 16.2. The smallest absolute Gasteiger partial charge is 0.407 e. The number of halogens is 2. The van der Waals surface area contributed by atoms with Gasteiger partial charge in [-0.15, -0.1) is 0 Å². The van der Waals surface area contributed by atoms with Gasteiger partial charge in [0, 0.05) is 19.4 Å². The van der Waals surface area contributed by atoms with Gasteiger partial charge >= 0.3 is 6.09 Å². The Morgan fingerprint density at radius 1 is 1.32 bits per heavy atom. The SMILES string of the molecule is CC(C)(C)OC(=O)NCc1cn2ncc(CN)cc2n1.FC1(F)CCCCC1. The molecule has 1 amide bonds. The molecule has 0 saturated heterocycles. The number of imidazole rings is 1. The molecule has 9 heteroatoms. The molecule has 0 radical (unpaired) electrons. The molecule has 1 saturated carbocycles. The van der Waals surface area contributed by atoms with E-state index in [2.05, 4.69) is 15.4 Å². The predicted octanol–water partition coefficient (Wildman–Crippen LogP) is 3.80. The van der Waals surface area contributed by atoms with Gasteiger partial charge in [-0.1, -0.05) is 6.42 Å². The molecular weight excluding hydrogens is 368 g/mol. The first-order valence-corrected chi connectivity index (χ1v) is 9.46. The summed E-state index contributed by atoms with van der Waals surface area (Å²) in [6.45, 7) is 6.15. The van der Waals surface area contributed by atoms with Crippen LogP contribution in [0.15, 0.2) is 18.5 Å². The van der Waals surface area contributed by atoms with Crippen LogP contribution in [0.25, 0.3) is 5.65 Å². The van der Waals surface area contributed by atoms with Crippen LogP contribution in [0.2, 0.25) is 0 Å². The van der Waals surface area contributed by atoms with Crippen LogP contribution in [0.3, 0.4) is 0 Å². The van der Waals surface area contributed by atoms with Crippen molar-refractivity contribution < 1.29 is 18.3 Å². The quantitative estimate of drug-likeness (QED) is 0.822. The van der Waals surface area contributed by atoms with Gasteiger partial charge in [-0.3, -0.25) is 0 Å². The van der Waals surface area contributed by atoms with Crippen molar-refractivity contribution in [1.29, 1.82) is 0 Å². The fourth-order valence-electron chi connectivity index (χ4n) is 2.71. The number of alkyl halides is 2. The average molecular weight is 397 g/mol. The number of carbonyl (C=O) groups excluding carboxylic acids is 1. The van der Waals surface area contributed by atoms with Crippen molar-refractivity contribution in [1.82, 2.24) is 19.9 Å². The molecule has 3 rings (SSSR count). The number of aromatic nitrogens is 3. The highest BCUT2D eigenvalue weighted by atomic mass is 19.3. The maximum Gasteiger partial charge on any atom is 0.407 e. The monoisotopic (exact) mass is 397 g/mol. The molecule has 0 unspecified atom stereocenters. The summed E-state index contributed by atoms with van der Waals surface area (Å²) in [5.74, 6) is -2.32. The Balaban J connectivity index is 0.000000292. The van der Waals surface area contributed by atoms with Gasteiger partial charge in [0.05, 0.1) is 24.6 Å². The van der Waals surface area contributed by atoms with E-state index in [1.54, 1.807) is 16.9 Å². The molecule has 0 aromatic carbocycles. The summed E-state index contributed by atoms with van der Waals surface area (Å²) in [5.41, 5.74) is 7.36. The van der Waals surface area contributed by atoms with Crippen LogP contribution in [0.1, 0.15) is 64.1 Å². The Morgan fingerprint density at radius 2 is 2.00 bits per heavy atom. The van der Waals surface area contributed by atoms with E-state index in [1.807, 2.05) is 26.8 Å². The molecule has 1 fully saturated rings. The number of nitrogens with two attached hydrogens (primary N) is 1. The van der Waals surface area contributed by atoms with Crippen molar-refractivity contribution in [2.24, 2.45) is 5.73 Å². The number of nitrogens with one attached hydrogen (secondary N) is 1. The van der Waals surface area contributed by atoms with Crippen molar-refractivity contribution in [3.63, 3.8) is 0 Å². The van der Waals surface area contributed by atoms with Crippen LogP contribution >= 0.6 is 0 Å². The molecule has 2 aromatic heterocycles. The van der Waals surface area contributed by atoms with Gasteiger partial charge in [-0.2, -0.15) is 5.10 Å². The summed E-state index contributed by atoms with van der Waals surface area (Å²) in [5, 5.41) is 6.84. The molecule has 0 spiro atoms. The van der Waals surface area contributed by atoms with Crippen LogP contribution in [0.5, 0.6) is 0 Å². The van der Waals surface area contributed by atoms with E-state index in [0.29, 0.717) is 30.7 Å². The predicted molar refractivity (Wildman–Crippen MR) is 102 cm³/mol. The summed E-state index contributed by atoms with van der Waals surface area (Å²) in [7, 11) is 0. The summed E-state index contributed by atoms with van der Waals surface area (Å²) in [6.07, 6.45) is 5.65. The van der Waals surface area contributed by atoms with Crippen LogP contribution in [0.4, 0.5) is 13.6 Å². The Hall–Kier alpha value is -2.29.